The summed E-state index contributed by atoms with van der Waals surface area (Å²) >= 11 is 5.91. The van der Waals surface area contributed by atoms with Crippen LogP contribution < -0.4 is 10.2 Å². The van der Waals surface area contributed by atoms with Crippen molar-refractivity contribution in [1.82, 2.24) is 0 Å². The fourth-order valence-electron chi connectivity index (χ4n) is 2.51. The molecule has 0 spiro atoms. The quantitative estimate of drug-likeness (QED) is 0.938. The van der Waals surface area contributed by atoms with Crippen molar-refractivity contribution in [1.29, 1.82) is 0 Å². The van der Waals surface area contributed by atoms with Gasteiger partial charge in [-0.05, 0) is 42.8 Å². The monoisotopic (exact) mass is 314 g/mol. The van der Waals surface area contributed by atoms with E-state index in [1.165, 1.54) is 0 Å². The molecule has 0 saturated carbocycles. The molecule has 0 aromatic heterocycles. The van der Waals surface area contributed by atoms with Gasteiger partial charge in [-0.3, -0.25) is 9.59 Å². The Kier molecular flexibility index (Phi) is 4.11. The highest BCUT2D eigenvalue weighted by Crippen LogP contribution is 2.23. The Bertz CT molecular complexity index is 730. The summed E-state index contributed by atoms with van der Waals surface area (Å²) in [6.45, 7) is 0.707. The first-order chi connectivity index (χ1) is 10.6. The Morgan fingerprint density at radius 2 is 1.95 bits per heavy atom. The van der Waals surface area contributed by atoms with Crippen molar-refractivity contribution in [3.63, 3.8) is 0 Å². The topological polar surface area (TPSA) is 49.4 Å². The molecule has 2 aromatic carbocycles. The smallest absolute Gasteiger partial charge is 0.255 e. The highest BCUT2D eigenvalue weighted by Gasteiger charge is 2.22. The third-order valence-electron chi connectivity index (χ3n) is 3.58. The van der Waals surface area contributed by atoms with Gasteiger partial charge in [0.1, 0.15) is 0 Å². The highest BCUT2D eigenvalue weighted by atomic mass is 35.5. The number of nitrogens with one attached hydrogen (secondary N) is 1. The van der Waals surface area contributed by atoms with E-state index in [-0.39, 0.29) is 11.8 Å². The Balaban J connectivity index is 1.79. The summed E-state index contributed by atoms with van der Waals surface area (Å²) < 4.78 is 0. The molecule has 1 heterocycles. The maximum Gasteiger partial charge on any atom is 0.255 e. The van der Waals surface area contributed by atoms with Crippen LogP contribution in [0.5, 0.6) is 0 Å². The van der Waals surface area contributed by atoms with Crippen molar-refractivity contribution in [2.45, 2.75) is 12.8 Å². The molecule has 0 radical (unpaired) electrons. The van der Waals surface area contributed by atoms with Crippen LogP contribution in [-0.4, -0.2) is 18.4 Å². The fraction of sp³-hybridized carbons (Fsp3) is 0.176. The third kappa shape index (κ3) is 3.12. The van der Waals surface area contributed by atoms with Crippen molar-refractivity contribution in [2.24, 2.45) is 0 Å². The molecule has 1 aliphatic rings. The number of hydrogen-bond donors (Lipinski definition) is 1. The zero-order valence-corrected chi connectivity index (χ0v) is 12.6. The first-order valence-corrected chi connectivity index (χ1v) is 7.48. The molecule has 2 aromatic rings. The largest absolute Gasteiger partial charge is 0.322 e. The predicted molar refractivity (Wildman–Crippen MR) is 87.4 cm³/mol. The molecule has 0 aliphatic carbocycles. The zero-order valence-electron chi connectivity index (χ0n) is 11.9. The normalized spacial score (nSPS) is 14.2. The van der Waals surface area contributed by atoms with Gasteiger partial charge in [0.05, 0.1) is 0 Å². The van der Waals surface area contributed by atoms with Gasteiger partial charge in [-0.1, -0.05) is 23.7 Å². The average molecular weight is 315 g/mol. The number of hydrogen-bond acceptors (Lipinski definition) is 2. The van der Waals surface area contributed by atoms with Crippen molar-refractivity contribution < 1.29 is 9.59 Å². The van der Waals surface area contributed by atoms with E-state index in [0.29, 0.717) is 29.2 Å². The van der Waals surface area contributed by atoms with Crippen LogP contribution in [0, 0.1) is 0 Å². The summed E-state index contributed by atoms with van der Waals surface area (Å²) in [4.78, 5) is 25.8. The maximum absolute atomic E-state index is 12.3. The minimum absolute atomic E-state index is 0.104. The molecule has 0 bridgehead atoms. The average Bonchev–Trinajstić information content (AvgIpc) is 2.93. The second kappa shape index (κ2) is 6.20. The number of amides is 2. The fourth-order valence-corrected chi connectivity index (χ4v) is 2.70. The first kappa shape index (κ1) is 14.6. The van der Waals surface area contributed by atoms with Gasteiger partial charge < -0.3 is 10.2 Å². The molecule has 22 heavy (non-hydrogen) atoms. The summed E-state index contributed by atoms with van der Waals surface area (Å²) in [7, 11) is 0. The molecule has 1 aliphatic heterocycles. The molecule has 0 unspecified atom stereocenters. The Labute approximate surface area is 133 Å². The Hall–Kier alpha value is -2.33. The molecule has 0 atom stereocenters. The summed E-state index contributed by atoms with van der Waals surface area (Å²) in [6.07, 6.45) is 1.43. The molecule has 112 valence electrons. The van der Waals surface area contributed by atoms with E-state index in [1.54, 1.807) is 47.4 Å². The van der Waals surface area contributed by atoms with Crippen LogP contribution in [0.4, 0.5) is 11.4 Å². The molecule has 5 heteroatoms. The first-order valence-electron chi connectivity index (χ1n) is 7.11. The van der Waals surface area contributed by atoms with Crippen LogP contribution in [-0.2, 0) is 4.79 Å². The van der Waals surface area contributed by atoms with Crippen LogP contribution in [0.15, 0.2) is 48.5 Å². The lowest BCUT2D eigenvalue weighted by Crippen LogP contribution is -2.24. The molecule has 4 nitrogen and oxygen atoms in total. The lowest BCUT2D eigenvalue weighted by Gasteiger charge is -2.16. The molecule has 3 rings (SSSR count). The van der Waals surface area contributed by atoms with Gasteiger partial charge in [0.15, 0.2) is 0 Å². The number of carbonyl (C=O) groups is 2. The van der Waals surface area contributed by atoms with E-state index in [1.807, 2.05) is 6.07 Å². The van der Waals surface area contributed by atoms with E-state index in [0.717, 1.165) is 12.1 Å². The number of anilines is 2. The molecule has 1 fully saturated rings. The van der Waals surface area contributed by atoms with Gasteiger partial charge >= 0.3 is 0 Å². The summed E-state index contributed by atoms with van der Waals surface area (Å²) in [6, 6.07) is 14.1. The SMILES string of the molecule is O=C(Nc1cccc(Cl)c1)c1cccc(N2CCCC2=O)c1. The summed E-state index contributed by atoms with van der Waals surface area (Å²) in [5, 5.41) is 3.37. The van der Waals surface area contributed by atoms with Gasteiger partial charge in [-0.2, -0.15) is 0 Å². The Morgan fingerprint density at radius 1 is 1.14 bits per heavy atom. The van der Waals surface area contributed by atoms with Crippen molar-refractivity contribution >= 4 is 34.8 Å². The second-order valence-corrected chi connectivity index (χ2v) is 5.60. The maximum atomic E-state index is 12.3. The van der Waals surface area contributed by atoms with Crippen LogP contribution in [0.1, 0.15) is 23.2 Å². The van der Waals surface area contributed by atoms with Gasteiger partial charge in [-0.15, -0.1) is 0 Å². The minimum atomic E-state index is -0.226. The third-order valence-corrected chi connectivity index (χ3v) is 3.81. The molecular formula is C17H15ClN2O2. The highest BCUT2D eigenvalue weighted by molar-refractivity contribution is 6.31. The van der Waals surface area contributed by atoms with E-state index in [4.69, 9.17) is 11.6 Å². The van der Waals surface area contributed by atoms with Crippen LogP contribution in [0.2, 0.25) is 5.02 Å². The van der Waals surface area contributed by atoms with Crippen LogP contribution in [0.25, 0.3) is 0 Å². The molecule has 2 amide bonds. The number of halogens is 1. The van der Waals surface area contributed by atoms with E-state index in [9.17, 15) is 9.59 Å². The second-order valence-electron chi connectivity index (χ2n) is 5.16. The van der Waals surface area contributed by atoms with E-state index >= 15 is 0 Å². The van der Waals surface area contributed by atoms with Gasteiger partial charge in [0.2, 0.25) is 5.91 Å². The number of carbonyl (C=O) groups excluding carboxylic acids is 2. The lowest BCUT2D eigenvalue weighted by molar-refractivity contribution is -0.117. The van der Waals surface area contributed by atoms with Crippen LogP contribution >= 0.6 is 11.6 Å². The standard InChI is InChI=1S/C17H15ClN2O2/c18-13-5-2-6-14(11-13)19-17(22)12-4-1-7-15(10-12)20-9-3-8-16(20)21/h1-2,4-7,10-11H,3,8-9H2,(H,19,22). The van der Waals surface area contributed by atoms with Gasteiger partial charge in [0, 0.05) is 34.9 Å². The number of benzene rings is 2. The van der Waals surface area contributed by atoms with Gasteiger partial charge in [-0.25, -0.2) is 0 Å². The van der Waals surface area contributed by atoms with Gasteiger partial charge in [0.25, 0.3) is 5.91 Å². The Morgan fingerprint density at radius 3 is 2.68 bits per heavy atom. The lowest BCUT2D eigenvalue weighted by atomic mass is 10.1. The predicted octanol–water partition coefficient (Wildman–Crippen LogP) is 3.72. The summed E-state index contributed by atoms with van der Waals surface area (Å²) in [5.41, 5.74) is 1.92. The number of nitrogens with zero attached hydrogens (tertiary/aromatic N) is 1. The summed E-state index contributed by atoms with van der Waals surface area (Å²) in [5.74, 6) is -0.122. The van der Waals surface area contributed by atoms with Crippen LogP contribution in [0.3, 0.4) is 0 Å². The van der Waals surface area contributed by atoms with E-state index in [2.05, 4.69) is 5.32 Å². The number of rotatable bonds is 3. The van der Waals surface area contributed by atoms with Crippen molar-refractivity contribution in [2.75, 3.05) is 16.8 Å². The zero-order chi connectivity index (χ0) is 15.5. The molecular weight excluding hydrogens is 300 g/mol. The van der Waals surface area contributed by atoms with Crippen molar-refractivity contribution in [3.8, 4) is 0 Å². The van der Waals surface area contributed by atoms with Crippen molar-refractivity contribution in [3.05, 3.63) is 59.1 Å². The molecule has 1 saturated heterocycles. The van der Waals surface area contributed by atoms with E-state index < -0.39 is 0 Å². The molecule has 1 N–H and O–H groups in total. The minimum Gasteiger partial charge on any atom is -0.322 e.